The topological polar surface area (TPSA) is 20.2 Å². The fourth-order valence-electron chi connectivity index (χ4n) is 6.65. The van der Waals surface area contributed by atoms with Crippen molar-refractivity contribution in [3.05, 3.63) is 46.5 Å². The van der Waals surface area contributed by atoms with Crippen molar-refractivity contribution in [1.29, 1.82) is 0 Å². The number of aliphatic hydroxyl groups is 1. The van der Waals surface area contributed by atoms with E-state index < -0.39 is 0 Å². The van der Waals surface area contributed by atoms with Gasteiger partial charge in [-0.1, -0.05) is 58.9 Å². The number of allylic oxidation sites excluding steroid dienone is 2. The molecule has 0 amide bonds. The first-order valence-electron chi connectivity index (χ1n) is 11.8. The van der Waals surface area contributed by atoms with Crippen LogP contribution in [0.1, 0.15) is 88.5 Å². The van der Waals surface area contributed by atoms with Crippen LogP contribution in [0.15, 0.2) is 24.3 Å². The number of hydrogen-bond acceptors (Lipinski definition) is 1. The highest BCUT2D eigenvalue weighted by molar-refractivity contribution is 5.47. The lowest BCUT2D eigenvalue weighted by Crippen LogP contribution is -2.35. The van der Waals surface area contributed by atoms with Crippen LogP contribution in [-0.4, -0.2) is 11.2 Å². The molecule has 0 aromatic heterocycles. The van der Waals surface area contributed by atoms with E-state index in [1.165, 1.54) is 31.2 Å². The number of aliphatic hydroxyl groups excluding tert-OH is 1. The summed E-state index contributed by atoms with van der Waals surface area (Å²) in [6.07, 6.45) is 13.1. The molecule has 0 heterocycles. The van der Waals surface area contributed by atoms with Crippen molar-refractivity contribution >= 4 is 0 Å². The van der Waals surface area contributed by atoms with Gasteiger partial charge in [-0.2, -0.15) is 0 Å². The number of benzene rings is 1. The first kappa shape index (κ1) is 20.2. The Morgan fingerprint density at radius 2 is 1.79 bits per heavy atom. The molecule has 1 N–H and O–H groups in total. The van der Waals surface area contributed by atoms with Crippen LogP contribution in [0.5, 0.6) is 0 Å². The van der Waals surface area contributed by atoms with Crippen molar-refractivity contribution in [2.24, 2.45) is 29.1 Å². The molecule has 1 nitrogen and oxygen atoms in total. The van der Waals surface area contributed by atoms with E-state index in [0.29, 0.717) is 17.3 Å². The maximum atomic E-state index is 10.1. The van der Waals surface area contributed by atoms with E-state index in [9.17, 15) is 5.11 Å². The minimum Gasteiger partial charge on any atom is -0.393 e. The Bertz CT molecular complexity index is 745. The first-order chi connectivity index (χ1) is 13.3. The molecular weight excluding hydrogens is 340 g/mol. The van der Waals surface area contributed by atoms with Gasteiger partial charge in [0.1, 0.15) is 0 Å². The zero-order valence-corrected chi connectivity index (χ0v) is 18.7. The van der Waals surface area contributed by atoms with E-state index in [4.69, 9.17) is 0 Å². The van der Waals surface area contributed by atoms with Crippen LogP contribution in [-0.2, 0) is 19.3 Å². The van der Waals surface area contributed by atoms with E-state index in [-0.39, 0.29) is 6.10 Å². The Balaban J connectivity index is 1.58. The molecule has 0 bridgehead atoms. The molecule has 0 spiro atoms. The quantitative estimate of drug-likeness (QED) is 0.594. The van der Waals surface area contributed by atoms with Crippen molar-refractivity contribution in [2.45, 2.75) is 91.6 Å². The standard InChI is InChI=1S/C27H40O/c1-17(2)18(3)6-7-19(4)25-12-13-26-24-10-8-20-16-21(28)9-11-22(20)23(24)14-15-27(25,26)5/h6-8,10,17-19,21,25-26,28H,9,11-16H2,1-5H3/b7-6+/t18-,19+,21+,25+,26-,27+/m0/s1. The molecule has 1 aromatic rings. The van der Waals surface area contributed by atoms with Crippen molar-refractivity contribution in [3.63, 3.8) is 0 Å². The van der Waals surface area contributed by atoms with Crippen molar-refractivity contribution in [3.8, 4) is 0 Å². The maximum absolute atomic E-state index is 10.1. The number of hydrogen-bond donors (Lipinski definition) is 1. The van der Waals surface area contributed by atoms with Gasteiger partial charge in [0.2, 0.25) is 0 Å². The SMILES string of the molecule is CC(C)[C@@H](C)/C=C/[C@@H](C)[C@H]1CC[C@H]2c3ccc4c(c3CC[C@]12C)CC[C@@H](O)C4. The average molecular weight is 381 g/mol. The molecular formula is C27H40O. The highest BCUT2D eigenvalue weighted by atomic mass is 16.3. The summed E-state index contributed by atoms with van der Waals surface area (Å²) in [6.45, 7) is 12.1. The van der Waals surface area contributed by atoms with Gasteiger partial charge in [-0.15, -0.1) is 0 Å². The van der Waals surface area contributed by atoms with Gasteiger partial charge in [0, 0.05) is 0 Å². The van der Waals surface area contributed by atoms with Gasteiger partial charge in [0.05, 0.1) is 6.10 Å². The highest BCUT2D eigenvalue weighted by Crippen LogP contribution is 2.61. The van der Waals surface area contributed by atoms with Crippen molar-refractivity contribution in [1.82, 2.24) is 0 Å². The lowest BCUT2D eigenvalue weighted by atomic mass is 9.60. The molecule has 0 aliphatic heterocycles. The second-order valence-electron chi connectivity index (χ2n) is 10.8. The minimum atomic E-state index is -0.129. The third kappa shape index (κ3) is 3.38. The largest absolute Gasteiger partial charge is 0.393 e. The van der Waals surface area contributed by atoms with Gasteiger partial charge in [-0.25, -0.2) is 0 Å². The molecule has 3 aliphatic carbocycles. The smallest absolute Gasteiger partial charge is 0.0583 e. The van der Waals surface area contributed by atoms with Crippen LogP contribution in [0.4, 0.5) is 0 Å². The predicted molar refractivity (Wildman–Crippen MR) is 119 cm³/mol. The highest BCUT2D eigenvalue weighted by Gasteiger charge is 2.50. The molecule has 1 heteroatoms. The van der Waals surface area contributed by atoms with Crippen LogP contribution in [0.2, 0.25) is 0 Å². The summed E-state index contributed by atoms with van der Waals surface area (Å²) in [5, 5.41) is 10.1. The molecule has 154 valence electrons. The van der Waals surface area contributed by atoms with E-state index in [1.54, 1.807) is 16.7 Å². The summed E-state index contributed by atoms with van der Waals surface area (Å²) >= 11 is 0. The Morgan fingerprint density at radius 3 is 2.54 bits per heavy atom. The summed E-state index contributed by atoms with van der Waals surface area (Å²) in [7, 11) is 0. The number of fused-ring (bicyclic) bond motifs is 5. The van der Waals surface area contributed by atoms with Gasteiger partial charge in [0.15, 0.2) is 0 Å². The van der Waals surface area contributed by atoms with E-state index in [0.717, 1.165) is 37.0 Å². The molecule has 1 aromatic carbocycles. The monoisotopic (exact) mass is 380 g/mol. The van der Waals surface area contributed by atoms with Crippen LogP contribution < -0.4 is 0 Å². The van der Waals surface area contributed by atoms with E-state index in [2.05, 4.69) is 58.9 Å². The minimum absolute atomic E-state index is 0.129. The van der Waals surface area contributed by atoms with Gasteiger partial charge in [-0.05, 0) is 102 Å². The molecule has 6 atom stereocenters. The van der Waals surface area contributed by atoms with Crippen LogP contribution in [0.25, 0.3) is 0 Å². The average Bonchev–Trinajstić information content (AvgIpc) is 3.02. The molecule has 0 saturated heterocycles. The third-order valence-corrected chi connectivity index (χ3v) is 8.85. The third-order valence-electron chi connectivity index (χ3n) is 8.85. The van der Waals surface area contributed by atoms with Crippen LogP contribution >= 0.6 is 0 Å². The zero-order valence-electron chi connectivity index (χ0n) is 18.7. The Morgan fingerprint density at radius 1 is 1.00 bits per heavy atom. The zero-order chi connectivity index (χ0) is 20.1. The lowest BCUT2D eigenvalue weighted by Gasteiger charge is -2.44. The Labute approximate surface area is 172 Å². The molecule has 3 aliphatic rings. The Hall–Kier alpha value is -1.08. The second-order valence-corrected chi connectivity index (χ2v) is 10.8. The van der Waals surface area contributed by atoms with Crippen LogP contribution in [0, 0.1) is 29.1 Å². The van der Waals surface area contributed by atoms with Crippen molar-refractivity contribution in [2.75, 3.05) is 0 Å². The molecule has 0 radical (unpaired) electrons. The van der Waals surface area contributed by atoms with Gasteiger partial charge >= 0.3 is 0 Å². The summed E-state index contributed by atoms with van der Waals surface area (Å²) in [5.41, 5.74) is 6.81. The Kier molecular flexibility index (Phi) is 5.51. The second kappa shape index (κ2) is 7.63. The normalized spacial score (nSPS) is 34.2. The van der Waals surface area contributed by atoms with Gasteiger partial charge in [0.25, 0.3) is 0 Å². The molecule has 28 heavy (non-hydrogen) atoms. The summed E-state index contributed by atoms with van der Waals surface area (Å²) < 4.78 is 0. The number of rotatable bonds is 4. The summed E-state index contributed by atoms with van der Waals surface area (Å²) in [4.78, 5) is 0. The molecule has 1 fully saturated rings. The van der Waals surface area contributed by atoms with E-state index >= 15 is 0 Å². The predicted octanol–water partition coefficient (Wildman–Crippen LogP) is 6.47. The first-order valence-corrected chi connectivity index (χ1v) is 11.8. The lowest BCUT2D eigenvalue weighted by molar-refractivity contribution is 0.140. The van der Waals surface area contributed by atoms with E-state index in [1.807, 2.05) is 0 Å². The summed E-state index contributed by atoms with van der Waals surface area (Å²) in [5.74, 6) is 3.60. The van der Waals surface area contributed by atoms with Crippen LogP contribution in [0.3, 0.4) is 0 Å². The summed E-state index contributed by atoms with van der Waals surface area (Å²) in [6, 6.07) is 4.79. The molecule has 0 unspecified atom stereocenters. The van der Waals surface area contributed by atoms with Crippen molar-refractivity contribution < 1.29 is 5.11 Å². The fourth-order valence-corrected chi connectivity index (χ4v) is 6.65. The fraction of sp³-hybridized carbons (Fsp3) is 0.704. The molecule has 1 saturated carbocycles. The molecule has 4 rings (SSSR count). The maximum Gasteiger partial charge on any atom is 0.0583 e. The van der Waals surface area contributed by atoms with Gasteiger partial charge in [-0.3, -0.25) is 0 Å². The van der Waals surface area contributed by atoms with Gasteiger partial charge < -0.3 is 5.11 Å².